The number of aromatic nitrogens is 1. The predicted octanol–water partition coefficient (Wildman–Crippen LogP) is 3.19. The van der Waals surface area contributed by atoms with E-state index in [1.54, 1.807) is 0 Å². The monoisotopic (exact) mass is 264 g/mol. The third kappa shape index (κ3) is 2.16. The fraction of sp³-hybridized carbons (Fsp3) is 0.357. The van der Waals surface area contributed by atoms with E-state index in [2.05, 4.69) is 29.4 Å². The second kappa shape index (κ2) is 4.75. The highest BCUT2D eigenvalue weighted by atomic mass is 35.5. The van der Waals surface area contributed by atoms with Crippen LogP contribution in [0.4, 0.5) is 0 Å². The van der Waals surface area contributed by atoms with Crippen molar-refractivity contribution in [2.75, 3.05) is 0 Å². The number of benzene rings is 1. The van der Waals surface area contributed by atoms with Crippen LogP contribution in [0.5, 0.6) is 0 Å². The fourth-order valence-electron chi connectivity index (χ4n) is 2.39. The second-order valence-electron chi connectivity index (χ2n) is 4.83. The summed E-state index contributed by atoms with van der Waals surface area (Å²) in [7, 11) is 0. The molecule has 1 heterocycles. The van der Waals surface area contributed by atoms with Gasteiger partial charge < -0.3 is 10.3 Å². The standard InChI is InChI=1S/C14H16N2O.ClH/c1-8-14(9(2)17-16-8)11-5-3-10(4-6-11)12-7-13(12)15;/h3-6,12-13H,7,15H2,1-2H3;1H. The minimum Gasteiger partial charge on any atom is -0.361 e. The molecule has 3 nitrogen and oxygen atoms in total. The van der Waals surface area contributed by atoms with E-state index < -0.39 is 0 Å². The lowest BCUT2D eigenvalue weighted by Gasteiger charge is -2.03. The van der Waals surface area contributed by atoms with E-state index in [0.29, 0.717) is 12.0 Å². The van der Waals surface area contributed by atoms with Gasteiger partial charge in [-0.05, 0) is 31.4 Å². The predicted molar refractivity (Wildman–Crippen MR) is 74.0 cm³/mol. The van der Waals surface area contributed by atoms with Gasteiger partial charge in [0, 0.05) is 17.5 Å². The number of nitrogens with zero attached hydrogens (tertiary/aromatic N) is 1. The van der Waals surface area contributed by atoms with Crippen molar-refractivity contribution in [2.24, 2.45) is 5.73 Å². The Morgan fingerprint density at radius 3 is 2.28 bits per heavy atom. The third-order valence-corrected chi connectivity index (χ3v) is 3.50. The number of hydrogen-bond donors (Lipinski definition) is 1. The van der Waals surface area contributed by atoms with Crippen LogP contribution in [-0.2, 0) is 0 Å². The normalized spacial score (nSPS) is 21.5. The summed E-state index contributed by atoms with van der Waals surface area (Å²) in [5, 5.41) is 3.98. The molecule has 1 fully saturated rings. The van der Waals surface area contributed by atoms with Crippen LogP contribution in [0.1, 0.15) is 29.4 Å². The molecule has 18 heavy (non-hydrogen) atoms. The van der Waals surface area contributed by atoms with Crippen molar-refractivity contribution >= 4 is 12.4 Å². The first kappa shape index (κ1) is 13.1. The Labute approximate surface area is 113 Å². The summed E-state index contributed by atoms with van der Waals surface area (Å²) < 4.78 is 5.19. The summed E-state index contributed by atoms with van der Waals surface area (Å²) in [6, 6.07) is 8.96. The quantitative estimate of drug-likeness (QED) is 0.906. The molecule has 1 aliphatic carbocycles. The molecule has 1 saturated carbocycles. The average molecular weight is 265 g/mol. The Morgan fingerprint density at radius 2 is 1.83 bits per heavy atom. The first-order chi connectivity index (χ1) is 8.16. The second-order valence-corrected chi connectivity index (χ2v) is 4.83. The summed E-state index contributed by atoms with van der Waals surface area (Å²) in [6.07, 6.45) is 1.12. The van der Waals surface area contributed by atoms with Gasteiger partial charge in [0.2, 0.25) is 0 Å². The highest BCUT2D eigenvalue weighted by Gasteiger charge is 2.34. The molecular weight excluding hydrogens is 248 g/mol. The van der Waals surface area contributed by atoms with Gasteiger partial charge in [0.1, 0.15) is 5.76 Å². The third-order valence-electron chi connectivity index (χ3n) is 3.50. The van der Waals surface area contributed by atoms with Gasteiger partial charge in [-0.2, -0.15) is 0 Å². The molecule has 1 aromatic carbocycles. The van der Waals surface area contributed by atoms with Crippen LogP contribution >= 0.6 is 12.4 Å². The van der Waals surface area contributed by atoms with Crippen molar-refractivity contribution in [1.29, 1.82) is 0 Å². The van der Waals surface area contributed by atoms with Gasteiger partial charge in [0.05, 0.1) is 5.69 Å². The maximum Gasteiger partial charge on any atom is 0.141 e. The van der Waals surface area contributed by atoms with Gasteiger partial charge in [-0.15, -0.1) is 12.4 Å². The molecule has 0 amide bonds. The van der Waals surface area contributed by atoms with E-state index in [9.17, 15) is 0 Å². The van der Waals surface area contributed by atoms with Gasteiger partial charge in [-0.3, -0.25) is 0 Å². The lowest BCUT2D eigenvalue weighted by atomic mass is 10.0. The van der Waals surface area contributed by atoms with Gasteiger partial charge >= 0.3 is 0 Å². The molecule has 2 atom stereocenters. The summed E-state index contributed by atoms with van der Waals surface area (Å²) in [5.74, 6) is 1.44. The molecule has 0 spiro atoms. The van der Waals surface area contributed by atoms with Crippen molar-refractivity contribution in [1.82, 2.24) is 5.16 Å². The van der Waals surface area contributed by atoms with E-state index in [1.165, 1.54) is 11.1 Å². The van der Waals surface area contributed by atoms with Crippen LogP contribution < -0.4 is 5.73 Å². The number of nitrogens with two attached hydrogens (primary N) is 1. The van der Waals surface area contributed by atoms with Crippen LogP contribution in [0.3, 0.4) is 0 Å². The molecule has 0 radical (unpaired) electrons. The van der Waals surface area contributed by atoms with Gasteiger partial charge in [0.25, 0.3) is 0 Å². The van der Waals surface area contributed by atoms with E-state index in [4.69, 9.17) is 10.3 Å². The van der Waals surface area contributed by atoms with Crippen LogP contribution in [0.2, 0.25) is 0 Å². The molecule has 2 N–H and O–H groups in total. The summed E-state index contributed by atoms with van der Waals surface area (Å²) in [4.78, 5) is 0. The molecule has 1 aliphatic rings. The zero-order chi connectivity index (χ0) is 12.0. The molecule has 4 heteroatoms. The molecule has 3 rings (SSSR count). The van der Waals surface area contributed by atoms with Gasteiger partial charge in [0.15, 0.2) is 0 Å². The topological polar surface area (TPSA) is 52.0 Å². The Hall–Kier alpha value is -1.32. The SMILES string of the molecule is Cc1noc(C)c1-c1ccc(C2CC2N)cc1.Cl. The van der Waals surface area contributed by atoms with E-state index in [1.807, 2.05) is 13.8 Å². The number of hydrogen-bond acceptors (Lipinski definition) is 3. The van der Waals surface area contributed by atoms with Gasteiger partial charge in [-0.25, -0.2) is 0 Å². The molecule has 2 aromatic rings. The number of aryl methyl sites for hydroxylation is 2. The molecule has 0 aliphatic heterocycles. The highest BCUT2D eigenvalue weighted by molar-refractivity contribution is 5.85. The van der Waals surface area contributed by atoms with Crippen LogP contribution in [0.25, 0.3) is 11.1 Å². The molecule has 96 valence electrons. The first-order valence-electron chi connectivity index (χ1n) is 5.95. The van der Waals surface area contributed by atoms with Crippen molar-refractivity contribution in [3.63, 3.8) is 0 Å². The fourth-order valence-corrected chi connectivity index (χ4v) is 2.39. The zero-order valence-corrected chi connectivity index (χ0v) is 11.3. The van der Waals surface area contributed by atoms with E-state index in [-0.39, 0.29) is 12.4 Å². The zero-order valence-electron chi connectivity index (χ0n) is 10.5. The van der Waals surface area contributed by atoms with E-state index in [0.717, 1.165) is 23.4 Å². The summed E-state index contributed by atoms with van der Waals surface area (Å²) >= 11 is 0. The van der Waals surface area contributed by atoms with Gasteiger partial charge in [-0.1, -0.05) is 29.4 Å². The Kier molecular flexibility index (Phi) is 3.46. The van der Waals surface area contributed by atoms with Crippen LogP contribution in [0.15, 0.2) is 28.8 Å². The van der Waals surface area contributed by atoms with Crippen LogP contribution in [0, 0.1) is 13.8 Å². The molecule has 0 bridgehead atoms. The lowest BCUT2D eigenvalue weighted by Crippen LogP contribution is -2.00. The van der Waals surface area contributed by atoms with Crippen molar-refractivity contribution < 1.29 is 4.52 Å². The van der Waals surface area contributed by atoms with E-state index >= 15 is 0 Å². The Morgan fingerprint density at radius 1 is 1.22 bits per heavy atom. The van der Waals surface area contributed by atoms with Crippen molar-refractivity contribution in [3.05, 3.63) is 41.3 Å². The number of rotatable bonds is 2. The van der Waals surface area contributed by atoms with Crippen molar-refractivity contribution in [2.45, 2.75) is 32.2 Å². The molecule has 0 saturated heterocycles. The maximum absolute atomic E-state index is 5.85. The largest absolute Gasteiger partial charge is 0.361 e. The lowest BCUT2D eigenvalue weighted by molar-refractivity contribution is 0.393. The maximum atomic E-state index is 5.85. The van der Waals surface area contributed by atoms with Crippen molar-refractivity contribution in [3.8, 4) is 11.1 Å². The smallest absolute Gasteiger partial charge is 0.141 e. The Balaban J connectivity index is 0.00000120. The molecule has 1 aromatic heterocycles. The number of halogens is 1. The average Bonchev–Trinajstić information content (AvgIpc) is 2.96. The minimum absolute atomic E-state index is 0. The molecule has 2 unspecified atom stereocenters. The summed E-state index contributed by atoms with van der Waals surface area (Å²) in [5.41, 5.74) is 10.4. The van der Waals surface area contributed by atoms with Crippen LogP contribution in [-0.4, -0.2) is 11.2 Å². The first-order valence-corrected chi connectivity index (χ1v) is 5.95. The Bertz CT molecular complexity index is 528. The minimum atomic E-state index is 0. The molecular formula is C14H17ClN2O. The highest BCUT2D eigenvalue weighted by Crippen LogP contribution is 2.39. The summed E-state index contributed by atoms with van der Waals surface area (Å²) in [6.45, 7) is 3.91.